The molecule has 0 aliphatic carbocycles. The molecule has 0 spiro atoms. The lowest BCUT2D eigenvalue weighted by molar-refractivity contribution is -0.385. The standard InChI is InChI=1S/C16H13ClN2O5/c1-9-6-10(17)2-3-12(9)18-16(20)11-7-14-15(24-5-4-23-14)8-13(11)19(21)22/h2-3,6-8H,4-5H2,1H3,(H,18,20). The van der Waals surface area contributed by atoms with E-state index in [-0.39, 0.29) is 17.0 Å². The fourth-order valence-electron chi connectivity index (χ4n) is 2.37. The first-order valence-corrected chi connectivity index (χ1v) is 7.49. The molecule has 1 N–H and O–H groups in total. The normalized spacial score (nSPS) is 12.6. The van der Waals surface area contributed by atoms with Crippen molar-refractivity contribution >= 4 is 28.9 Å². The molecule has 7 nitrogen and oxygen atoms in total. The van der Waals surface area contributed by atoms with E-state index in [1.165, 1.54) is 12.1 Å². The lowest BCUT2D eigenvalue weighted by Gasteiger charge is -2.19. The number of nitro benzene ring substituents is 1. The second-order valence-electron chi connectivity index (χ2n) is 5.18. The Kier molecular flexibility index (Phi) is 4.26. The second-order valence-corrected chi connectivity index (χ2v) is 5.62. The molecule has 0 radical (unpaired) electrons. The van der Waals surface area contributed by atoms with Crippen LogP contribution >= 0.6 is 11.6 Å². The SMILES string of the molecule is Cc1cc(Cl)ccc1NC(=O)c1cc2c(cc1[N+](=O)[O-])OCCO2. The highest BCUT2D eigenvalue weighted by Gasteiger charge is 2.26. The third-order valence-corrected chi connectivity index (χ3v) is 3.77. The Hall–Kier alpha value is -2.80. The molecular formula is C16H13ClN2O5. The van der Waals surface area contributed by atoms with Gasteiger partial charge >= 0.3 is 0 Å². The number of halogens is 1. The number of hydrogen-bond donors (Lipinski definition) is 1. The van der Waals surface area contributed by atoms with Crippen LogP contribution in [0.25, 0.3) is 0 Å². The van der Waals surface area contributed by atoms with Gasteiger partial charge in [0.25, 0.3) is 11.6 Å². The molecule has 124 valence electrons. The number of fused-ring (bicyclic) bond motifs is 1. The molecule has 0 bridgehead atoms. The van der Waals surface area contributed by atoms with Crippen molar-refractivity contribution in [3.63, 3.8) is 0 Å². The number of carbonyl (C=O) groups excluding carboxylic acids is 1. The zero-order valence-electron chi connectivity index (χ0n) is 12.7. The maximum atomic E-state index is 12.5. The van der Waals surface area contributed by atoms with Gasteiger partial charge in [0.1, 0.15) is 18.8 Å². The van der Waals surface area contributed by atoms with E-state index >= 15 is 0 Å². The number of benzene rings is 2. The van der Waals surface area contributed by atoms with Gasteiger partial charge in [0.15, 0.2) is 11.5 Å². The maximum absolute atomic E-state index is 12.5. The van der Waals surface area contributed by atoms with Gasteiger partial charge in [0.05, 0.1) is 11.0 Å². The lowest BCUT2D eigenvalue weighted by atomic mass is 10.1. The van der Waals surface area contributed by atoms with Gasteiger partial charge in [-0.05, 0) is 30.7 Å². The van der Waals surface area contributed by atoms with Crippen LogP contribution in [-0.4, -0.2) is 24.0 Å². The Labute approximate surface area is 142 Å². The predicted octanol–water partition coefficient (Wildman–Crippen LogP) is 3.58. The van der Waals surface area contributed by atoms with Gasteiger partial charge in [-0.1, -0.05) is 11.6 Å². The molecule has 0 saturated heterocycles. The highest BCUT2D eigenvalue weighted by atomic mass is 35.5. The van der Waals surface area contributed by atoms with Crippen LogP contribution in [0.3, 0.4) is 0 Å². The second kappa shape index (κ2) is 6.37. The third-order valence-electron chi connectivity index (χ3n) is 3.54. The molecule has 1 amide bonds. The molecule has 1 heterocycles. The summed E-state index contributed by atoms with van der Waals surface area (Å²) in [5, 5.41) is 14.5. The van der Waals surface area contributed by atoms with Gasteiger partial charge in [-0.2, -0.15) is 0 Å². The zero-order valence-corrected chi connectivity index (χ0v) is 13.4. The van der Waals surface area contributed by atoms with Crippen LogP contribution in [0.2, 0.25) is 5.02 Å². The molecule has 0 fully saturated rings. The van der Waals surface area contributed by atoms with E-state index < -0.39 is 10.8 Å². The first kappa shape index (κ1) is 16.1. The monoisotopic (exact) mass is 348 g/mol. The van der Waals surface area contributed by atoms with Crippen molar-refractivity contribution in [3.8, 4) is 11.5 Å². The van der Waals surface area contributed by atoms with Crippen LogP contribution < -0.4 is 14.8 Å². The quantitative estimate of drug-likeness (QED) is 0.676. The number of rotatable bonds is 3. The molecule has 0 unspecified atom stereocenters. The Balaban J connectivity index is 1.97. The Morgan fingerprint density at radius 2 is 1.88 bits per heavy atom. The summed E-state index contributed by atoms with van der Waals surface area (Å²) in [6.07, 6.45) is 0. The summed E-state index contributed by atoms with van der Waals surface area (Å²) < 4.78 is 10.7. The summed E-state index contributed by atoms with van der Waals surface area (Å²) in [4.78, 5) is 23.2. The molecule has 0 aromatic heterocycles. The summed E-state index contributed by atoms with van der Waals surface area (Å²) in [5.41, 5.74) is 0.826. The minimum absolute atomic E-state index is 0.0985. The molecule has 0 atom stereocenters. The average molecular weight is 349 g/mol. The minimum Gasteiger partial charge on any atom is -0.486 e. The van der Waals surface area contributed by atoms with Crippen LogP contribution in [0.4, 0.5) is 11.4 Å². The molecule has 1 aliphatic rings. The molecular weight excluding hydrogens is 336 g/mol. The highest BCUT2D eigenvalue weighted by molar-refractivity contribution is 6.30. The van der Waals surface area contributed by atoms with Gasteiger partial charge < -0.3 is 14.8 Å². The van der Waals surface area contributed by atoms with Crippen molar-refractivity contribution < 1.29 is 19.2 Å². The number of nitro groups is 1. The summed E-state index contributed by atoms with van der Waals surface area (Å²) in [5.74, 6) is -0.0407. The summed E-state index contributed by atoms with van der Waals surface area (Å²) >= 11 is 5.88. The summed E-state index contributed by atoms with van der Waals surface area (Å²) in [6, 6.07) is 7.49. The van der Waals surface area contributed by atoms with Crippen LogP contribution in [0, 0.1) is 17.0 Å². The van der Waals surface area contributed by atoms with Crippen LogP contribution in [0.15, 0.2) is 30.3 Å². The van der Waals surface area contributed by atoms with Crippen molar-refractivity contribution in [1.82, 2.24) is 0 Å². The third kappa shape index (κ3) is 3.11. The number of hydrogen-bond acceptors (Lipinski definition) is 5. The van der Waals surface area contributed by atoms with Crippen LogP contribution in [0.1, 0.15) is 15.9 Å². The van der Waals surface area contributed by atoms with Crippen molar-refractivity contribution in [2.75, 3.05) is 18.5 Å². The van der Waals surface area contributed by atoms with Gasteiger partial charge in [-0.3, -0.25) is 14.9 Å². The van der Waals surface area contributed by atoms with Crippen molar-refractivity contribution in [3.05, 3.63) is 56.6 Å². The molecule has 2 aromatic rings. The molecule has 0 saturated carbocycles. The number of ether oxygens (including phenoxy) is 2. The van der Waals surface area contributed by atoms with Crippen LogP contribution in [-0.2, 0) is 0 Å². The zero-order chi connectivity index (χ0) is 17.3. The van der Waals surface area contributed by atoms with E-state index in [0.29, 0.717) is 29.7 Å². The van der Waals surface area contributed by atoms with Gasteiger partial charge in [-0.25, -0.2) is 0 Å². The van der Waals surface area contributed by atoms with E-state index in [9.17, 15) is 14.9 Å². The number of aryl methyl sites for hydroxylation is 1. The lowest BCUT2D eigenvalue weighted by Crippen LogP contribution is -2.19. The molecule has 24 heavy (non-hydrogen) atoms. The van der Waals surface area contributed by atoms with E-state index in [2.05, 4.69) is 5.32 Å². The number of anilines is 1. The molecule has 2 aromatic carbocycles. The number of carbonyl (C=O) groups is 1. The first-order valence-electron chi connectivity index (χ1n) is 7.11. The first-order chi connectivity index (χ1) is 11.5. The van der Waals surface area contributed by atoms with Crippen molar-refractivity contribution in [2.45, 2.75) is 6.92 Å². The predicted molar refractivity (Wildman–Crippen MR) is 88.2 cm³/mol. The van der Waals surface area contributed by atoms with Gasteiger partial charge in [-0.15, -0.1) is 0 Å². The van der Waals surface area contributed by atoms with E-state index in [0.717, 1.165) is 5.56 Å². The number of amides is 1. The highest BCUT2D eigenvalue weighted by Crippen LogP contribution is 2.37. The van der Waals surface area contributed by atoms with E-state index in [4.69, 9.17) is 21.1 Å². The summed E-state index contributed by atoms with van der Waals surface area (Å²) in [6.45, 7) is 2.40. The van der Waals surface area contributed by atoms with Gasteiger partial charge in [0.2, 0.25) is 0 Å². The molecule has 8 heteroatoms. The smallest absolute Gasteiger partial charge is 0.286 e. The Morgan fingerprint density at radius 1 is 1.21 bits per heavy atom. The number of nitrogens with one attached hydrogen (secondary N) is 1. The summed E-state index contributed by atoms with van der Waals surface area (Å²) in [7, 11) is 0. The fraction of sp³-hybridized carbons (Fsp3) is 0.188. The molecule has 3 rings (SSSR count). The van der Waals surface area contributed by atoms with Crippen molar-refractivity contribution in [1.29, 1.82) is 0 Å². The van der Waals surface area contributed by atoms with E-state index in [1.807, 2.05) is 0 Å². The van der Waals surface area contributed by atoms with Crippen LogP contribution in [0.5, 0.6) is 11.5 Å². The maximum Gasteiger partial charge on any atom is 0.286 e. The Morgan fingerprint density at radius 3 is 2.50 bits per heavy atom. The minimum atomic E-state index is -0.623. The average Bonchev–Trinajstić information content (AvgIpc) is 2.56. The van der Waals surface area contributed by atoms with E-state index in [1.54, 1.807) is 25.1 Å². The molecule has 1 aliphatic heterocycles. The Bertz CT molecular complexity index is 837. The topological polar surface area (TPSA) is 90.7 Å². The largest absolute Gasteiger partial charge is 0.486 e. The number of nitrogens with zero attached hydrogens (tertiary/aromatic N) is 1. The fourth-order valence-corrected chi connectivity index (χ4v) is 2.59. The van der Waals surface area contributed by atoms with Gasteiger partial charge in [0, 0.05) is 16.8 Å². The van der Waals surface area contributed by atoms with Crippen molar-refractivity contribution in [2.24, 2.45) is 0 Å².